The summed E-state index contributed by atoms with van der Waals surface area (Å²) in [5.74, 6) is 1.82. The maximum atomic E-state index is 12.5. The number of hydrogen-bond acceptors (Lipinski definition) is 3. The monoisotopic (exact) mass is 337 g/mol. The molecule has 1 aromatic heterocycles. The molecule has 0 atom stereocenters. The highest BCUT2D eigenvalue weighted by Crippen LogP contribution is 2.15. The van der Waals surface area contributed by atoms with Crippen molar-refractivity contribution in [3.8, 4) is 5.75 Å². The van der Waals surface area contributed by atoms with Gasteiger partial charge in [0.05, 0.1) is 18.1 Å². The zero-order chi connectivity index (χ0) is 17.6. The van der Waals surface area contributed by atoms with Crippen LogP contribution in [0.4, 0.5) is 0 Å². The SMILES string of the molecule is CCN(Cc1ccc(OC)cc1)C(=O)CCc1nc2ccccc2[nH]1. The molecular formula is C20H23N3O2. The summed E-state index contributed by atoms with van der Waals surface area (Å²) in [5.41, 5.74) is 3.05. The number of fused-ring (bicyclic) bond motifs is 1. The molecule has 5 heteroatoms. The van der Waals surface area contributed by atoms with Crippen molar-refractivity contribution in [2.24, 2.45) is 0 Å². The van der Waals surface area contributed by atoms with E-state index in [1.165, 1.54) is 0 Å². The molecule has 130 valence electrons. The number of hydrogen-bond donors (Lipinski definition) is 1. The van der Waals surface area contributed by atoms with Crippen molar-refractivity contribution in [1.82, 2.24) is 14.9 Å². The summed E-state index contributed by atoms with van der Waals surface area (Å²) in [6.45, 7) is 3.30. The minimum atomic E-state index is 0.138. The number of imidazole rings is 1. The molecule has 0 aliphatic heterocycles. The maximum Gasteiger partial charge on any atom is 0.223 e. The van der Waals surface area contributed by atoms with Crippen molar-refractivity contribution in [1.29, 1.82) is 0 Å². The molecule has 3 rings (SSSR count). The van der Waals surface area contributed by atoms with Gasteiger partial charge >= 0.3 is 0 Å². The van der Waals surface area contributed by atoms with Gasteiger partial charge in [-0.3, -0.25) is 4.79 Å². The van der Waals surface area contributed by atoms with Crippen LogP contribution < -0.4 is 4.74 Å². The molecule has 5 nitrogen and oxygen atoms in total. The number of carbonyl (C=O) groups excluding carboxylic acids is 1. The van der Waals surface area contributed by atoms with Gasteiger partial charge in [0.25, 0.3) is 0 Å². The van der Waals surface area contributed by atoms with Crippen molar-refractivity contribution < 1.29 is 9.53 Å². The van der Waals surface area contributed by atoms with E-state index in [0.717, 1.165) is 28.2 Å². The topological polar surface area (TPSA) is 58.2 Å². The van der Waals surface area contributed by atoms with E-state index >= 15 is 0 Å². The van der Waals surface area contributed by atoms with Crippen molar-refractivity contribution in [3.05, 3.63) is 59.9 Å². The van der Waals surface area contributed by atoms with Gasteiger partial charge in [0.1, 0.15) is 11.6 Å². The van der Waals surface area contributed by atoms with Gasteiger partial charge in [-0.05, 0) is 36.8 Å². The average Bonchev–Trinajstić information content (AvgIpc) is 3.07. The van der Waals surface area contributed by atoms with E-state index in [0.29, 0.717) is 25.9 Å². The number of aromatic amines is 1. The van der Waals surface area contributed by atoms with Crippen LogP contribution in [0.15, 0.2) is 48.5 Å². The van der Waals surface area contributed by atoms with E-state index in [2.05, 4.69) is 9.97 Å². The van der Waals surface area contributed by atoms with E-state index in [1.54, 1.807) is 7.11 Å². The first-order valence-electron chi connectivity index (χ1n) is 8.54. The van der Waals surface area contributed by atoms with E-state index in [1.807, 2.05) is 60.4 Å². The third kappa shape index (κ3) is 4.18. The van der Waals surface area contributed by atoms with E-state index in [4.69, 9.17) is 4.74 Å². The van der Waals surface area contributed by atoms with Crippen LogP contribution in [-0.4, -0.2) is 34.4 Å². The molecule has 1 heterocycles. The van der Waals surface area contributed by atoms with Gasteiger partial charge in [0.2, 0.25) is 5.91 Å². The highest BCUT2D eigenvalue weighted by molar-refractivity contribution is 5.77. The lowest BCUT2D eigenvalue weighted by atomic mass is 10.2. The zero-order valence-electron chi connectivity index (χ0n) is 14.7. The van der Waals surface area contributed by atoms with Crippen LogP contribution in [0.1, 0.15) is 24.7 Å². The molecule has 0 aliphatic rings. The number of carbonyl (C=O) groups is 1. The molecule has 0 unspecified atom stereocenters. The number of methoxy groups -OCH3 is 1. The Morgan fingerprint density at radius 2 is 1.92 bits per heavy atom. The lowest BCUT2D eigenvalue weighted by Gasteiger charge is -2.21. The van der Waals surface area contributed by atoms with Gasteiger partial charge in [-0.15, -0.1) is 0 Å². The number of nitrogens with zero attached hydrogens (tertiary/aromatic N) is 2. The summed E-state index contributed by atoms with van der Waals surface area (Å²) < 4.78 is 5.17. The normalized spacial score (nSPS) is 10.8. The first kappa shape index (κ1) is 17.0. The Morgan fingerprint density at radius 1 is 1.16 bits per heavy atom. The molecule has 0 fully saturated rings. The second-order valence-electron chi connectivity index (χ2n) is 5.96. The predicted octanol–water partition coefficient (Wildman–Crippen LogP) is 3.55. The fraction of sp³-hybridized carbons (Fsp3) is 0.300. The Labute approximate surface area is 147 Å². The van der Waals surface area contributed by atoms with Gasteiger partial charge in [-0.2, -0.15) is 0 Å². The van der Waals surface area contributed by atoms with E-state index < -0.39 is 0 Å². The summed E-state index contributed by atoms with van der Waals surface area (Å²) in [4.78, 5) is 22.2. The summed E-state index contributed by atoms with van der Waals surface area (Å²) in [5, 5.41) is 0. The second-order valence-corrected chi connectivity index (χ2v) is 5.96. The summed E-state index contributed by atoms with van der Waals surface area (Å²) in [6, 6.07) is 15.7. The van der Waals surface area contributed by atoms with Crippen LogP contribution in [0.25, 0.3) is 11.0 Å². The van der Waals surface area contributed by atoms with Gasteiger partial charge < -0.3 is 14.6 Å². The molecule has 0 radical (unpaired) electrons. The zero-order valence-corrected chi connectivity index (χ0v) is 14.7. The third-order valence-corrected chi connectivity index (χ3v) is 4.28. The van der Waals surface area contributed by atoms with Gasteiger partial charge in [-0.1, -0.05) is 24.3 Å². The number of aryl methyl sites for hydroxylation is 1. The third-order valence-electron chi connectivity index (χ3n) is 4.28. The molecular weight excluding hydrogens is 314 g/mol. The van der Waals surface area contributed by atoms with Gasteiger partial charge in [0.15, 0.2) is 0 Å². The summed E-state index contributed by atoms with van der Waals surface area (Å²) >= 11 is 0. The molecule has 2 aromatic carbocycles. The molecule has 0 aliphatic carbocycles. The van der Waals surface area contributed by atoms with Crippen LogP contribution in [0.3, 0.4) is 0 Å². The Balaban J connectivity index is 1.59. The Bertz CT molecular complexity index is 807. The van der Waals surface area contributed by atoms with Crippen molar-refractivity contribution in [2.45, 2.75) is 26.3 Å². The number of amides is 1. The lowest BCUT2D eigenvalue weighted by Crippen LogP contribution is -2.30. The number of rotatable bonds is 7. The standard InChI is InChI=1S/C20H23N3O2/c1-3-23(14-15-8-10-16(25-2)11-9-15)20(24)13-12-19-21-17-6-4-5-7-18(17)22-19/h4-11H,3,12-14H2,1-2H3,(H,21,22). The summed E-state index contributed by atoms with van der Waals surface area (Å²) in [6.07, 6.45) is 1.07. The Hall–Kier alpha value is -2.82. The van der Waals surface area contributed by atoms with Crippen LogP contribution in [-0.2, 0) is 17.8 Å². The molecule has 1 amide bonds. The van der Waals surface area contributed by atoms with Gasteiger partial charge in [0, 0.05) is 25.9 Å². The highest BCUT2D eigenvalue weighted by Gasteiger charge is 2.13. The molecule has 0 saturated carbocycles. The number of ether oxygens (including phenoxy) is 1. The van der Waals surface area contributed by atoms with E-state index in [9.17, 15) is 4.79 Å². The lowest BCUT2D eigenvalue weighted by molar-refractivity contribution is -0.131. The minimum absolute atomic E-state index is 0.138. The van der Waals surface area contributed by atoms with Crippen LogP contribution in [0.5, 0.6) is 5.75 Å². The van der Waals surface area contributed by atoms with Crippen molar-refractivity contribution >= 4 is 16.9 Å². The Morgan fingerprint density at radius 3 is 2.60 bits per heavy atom. The van der Waals surface area contributed by atoms with Gasteiger partial charge in [-0.25, -0.2) is 4.98 Å². The fourth-order valence-electron chi connectivity index (χ4n) is 2.84. The maximum absolute atomic E-state index is 12.5. The smallest absolute Gasteiger partial charge is 0.223 e. The molecule has 0 saturated heterocycles. The Kier molecular flexibility index (Phi) is 5.33. The highest BCUT2D eigenvalue weighted by atomic mass is 16.5. The quantitative estimate of drug-likeness (QED) is 0.717. The minimum Gasteiger partial charge on any atom is -0.497 e. The first-order chi connectivity index (χ1) is 12.2. The molecule has 0 bridgehead atoms. The van der Waals surface area contributed by atoms with Crippen LogP contribution >= 0.6 is 0 Å². The van der Waals surface area contributed by atoms with Crippen molar-refractivity contribution in [2.75, 3.05) is 13.7 Å². The predicted molar refractivity (Wildman–Crippen MR) is 98.5 cm³/mol. The summed E-state index contributed by atoms with van der Waals surface area (Å²) in [7, 11) is 1.65. The molecule has 1 N–H and O–H groups in total. The number of nitrogens with one attached hydrogen (secondary N) is 1. The number of H-pyrrole nitrogens is 1. The largest absolute Gasteiger partial charge is 0.497 e. The molecule has 0 spiro atoms. The van der Waals surface area contributed by atoms with Crippen LogP contribution in [0.2, 0.25) is 0 Å². The number of benzene rings is 2. The molecule has 25 heavy (non-hydrogen) atoms. The number of aromatic nitrogens is 2. The van der Waals surface area contributed by atoms with Crippen molar-refractivity contribution in [3.63, 3.8) is 0 Å². The van der Waals surface area contributed by atoms with E-state index in [-0.39, 0.29) is 5.91 Å². The van der Waals surface area contributed by atoms with Crippen LogP contribution in [0, 0.1) is 0 Å². The first-order valence-corrected chi connectivity index (χ1v) is 8.54. The average molecular weight is 337 g/mol. The fourth-order valence-corrected chi connectivity index (χ4v) is 2.84. The second kappa shape index (κ2) is 7.83. The molecule has 3 aromatic rings. The number of para-hydroxylation sites is 2.